The van der Waals surface area contributed by atoms with E-state index in [2.05, 4.69) is 15.3 Å². The highest BCUT2D eigenvalue weighted by molar-refractivity contribution is 5.87. The van der Waals surface area contributed by atoms with E-state index in [4.69, 9.17) is 0 Å². The number of H-pyrrole nitrogens is 1. The van der Waals surface area contributed by atoms with Gasteiger partial charge in [0, 0.05) is 13.0 Å². The Hall–Kier alpha value is -2.62. The molecule has 4 nitrogen and oxygen atoms in total. The van der Waals surface area contributed by atoms with Gasteiger partial charge in [-0.25, -0.2) is 4.98 Å². The molecule has 0 spiro atoms. The number of nitrogens with zero attached hydrogens (tertiary/aromatic N) is 1. The minimum absolute atomic E-state index is 0.0540. The second kappa shape index (κ2) is 6.87. The van der Waals surface area contributed by atoms with Gasteiger partial charge >= 0.3 is 0 Å². The van der Waals surface area contributed by atoms with Crippen molar-refractivity contribution in [2.24, 2.45) is 0 Å². The largest absolute Gasteiger partial charge is 0.355 e. The predicted molar refractivity (Wildman–Crippen MR) is 96.9 cm³/mol. The fourth-order valence-electron chi connectivity index (χ4n) is 2.79. The predicted octanol–water partition coefficient (Wildman–Crippen LogP) is 3.59. The molecule has 124 valence electrons. The van der Waals surface area contributed by atoms with Crippen molar-refractivity contribution in [2.75, 3.05) is 6.54 Å². The number of carbonyl (C=O) groups excluding carboxylic acids is 1. The van der Waals surface area contributed by atoms with Crippen LogP contribution in [-0.4, -0.2) is 22.4 Å². The Balaban J connectivity index is 1.51. The van der Waals surface area contributed by atoms with E-state index in [1.807, 2.05) is 68.4 Å². The number of para-hydroxylation sites is 2. The Morgan fingerprint density at radius 1 is 1.08 bits per heavy atom. The highest BCUT2D eigenvalue weighted by Gasteiger charge is 2.28. The van der Waals surface area contributed by atoms with Crippen LogP contribution in [0.25, 0.3) is 11.0 Å². The first-order chi connectivity index (χ1) is 11.6. The first-order valence-corrected chi connectivity index (χ1v) is 8.35. The molecule has 1 amide bonds. The quantitative estimate of drug-likeness (QED) is 0.682. The van der Waals surface area contributed by atoms with E-state index in [1.165, 1.54) is 0 Å². The van der Waals surface area contributed by atoms with Gasteiger partial charge in [0.25, 0.3) is 0 Å². The number of hydrogen-bond acceptors (Lipinski definition) is 2. The smallest absolute Gasteiger partial charge is 0.230 e. The molecule has 0 saturated carbocycles. The van der Waals surface area contributed by atoms with Crippen LogP contribution in [0.2, 0.25) is 0 Å². The van der Waals surface area contributed by atoms with E-state index in [9.17, 15) is 4.79 Å². The summed E-state index contributed by atoms with van der Waals surface area (Å²) >= 11 is 0. The van der Waals surface area contributed by atoms with Gasteiger partial charge in [-0.3, -0.25) is 4.79 Å². The van der Waals surface area contributed by atoms with Crippen molar-refractivity contribution < 1.29 is 4.79 Å². The summed E-state index contributed by atoms with van der Waals surface area (Å²) in [7, 11) is 0. The van der Waals surface area contributed by atoms with E-state index in [0.717, 1.165) is 35.3 Å². The number of nitrogens with one attached hydrogen (secondary N) is 2. The second-order valence-electron chi connectivity index (χ2n) is 6.55. The number of imidazole rings is 1. The average molecular weight is 321 g/mol. The Morgan fingerprint density at radius 2 is 1.79 bits per heavy atom. The van der Waals surface area contributed by atoms with Crippen LogP contribution in [0, 0.1) is 0 Å². The molecule has 1 heterocycles. The Labute approximate surface area is 142 Å². The summed E-state index contributed by atoms with van der Waals surface area (Å²) in [6, 6.07) is 17.9. The van der Waals surface area contributed by atoms with Crippen molar-refractivity contribution in [1.82, 2.24) is 15.3 Å². The number of fused-ring (bicyclic) bond motifs is 1. The third-order valence-corrected chi connectivity index (χ3v) is 4.38. The van der Waals surface area contributed by atoms with Crippen LogP contribution in [0.1, 0.15) is 31.7 Å². The molecule has 4 heteroatoms. The van der Waals surface area contributed by atoms with E-state index >= 15 is 0 Å². The number of carbonyl (C=O) groups is 1. The summed E-state index contributed by atoms with van der Waals surface area (Å²) in [4.78, 5) is 20.4. The Morgan fingerprint density at radius 3 is 2.54 bits per heavy atom. The summed E-state index contributed by atoms with van der Waals surface area (Å²) in [5.41, 5.74) is 2.55. The first-order valence-electron chi connectivity index (χ1n) is 8.35. The lowest BCUT2D eigenvalue weighted by molar-refractivity contribution is -0.125. The standard InChI is InChI=1S/C20H23N3O/c1-20(2,15-9-4-3-5-10-15)19(24)21-14-8-13-18-22-16-11-6-7-12-17(16)23-18/h3-7,9-12H,8,13-14H2,1-2H3,(H,21,24)(H,22,23). The van der Waals surface area contributed by atoms with Crippen molar-refractivity contribution in [3.63, 3.8) is 0 Å². The number of aromatic nitrogens is 2. The third kappa shape index (κ3) is 3.48. The monoisotopic (exact) mass is 321 g/mol. The van der Waals surface area contributed by atoms with Gasteiger partial charge in [0.2, 0.25) is 5.91 Å². The maximum atomic E-state index is 12.5. The van der Waals surface area contributed by atoms with Crippen LogP contribution in [0.15, 0.2) is 54.6 Å². The van der Waals surface area contributed by atoms with Gasteiger partial charge in [0.05, 0.1) is 16.4 Å². The number of benzene rings is 2. The zero-order valence-corrected chi connectivity index (χ0v) is 14.2. The number of hydrogen-bond donors (Lipinski definition) is 2. The van der Waals surface area contributed by atoms with Crippen LogP contribution >= 0.6 is 0 Å². The molecular formula is C20H23N3O. The van der Waals surface area contributed by atoms with E-state index < -0.39 is 5.41 Å². The number of rotatable bonds is 6. The van der Waals surface area contributed by atoms with Crippen LogP contribution in [0.3, 0.4) is 0 Å². The normalized spacial score (nSPS) is 11.6. The third-order valence-electron chi connectivity index (χ3n) is 4.38. The molecule has 0 bridgehead atoms. The first kappa shape index (κ1) is 16.2. The van der Waals surface area contributed by atoms with Gasteiger partial charge in [-0.1, -0.05) is 42.5 Å². The molecule has 0 atom stereocenters. The van der Waals surface area contributed by atoms with Crippen LogP contribution in [0.4, 0.5) is 0 Å². The summed E-state index contributed by atoms with van der Waals surface area (Å²) in [6.07, 6.45) is 1.68. The minimum atomic E-state index is -0.527. The summed E-state index contributed by atoms with van der Waals surface area (Å²) < 4.78 is 0. The Kier molecular flexibility index (Phi) is 4.65. The van der Waals surface area contributed by atoms with Crippen LogP contribution in [0.5, 0.6) is 0 Å². The molecule has 0 radical (unpaired) electrons. The van der Waals surface area contributed by atoms with Crippen molar-refractivity contribution in [2.45, 2.75) is 32.1 Å². The van der Waals surface area contributed by atoms with E-state index in [0.29, 0.717) is 6.54 Å². The van der Waals surface area contributed by atoms with Crippen molar-refractivity contribution in [3.8, 4) is 0 Å². The number of aryl methyl sites for hydroxylation is 1. The lowest BCUT2D eigenvalue weighted by Crippen LogP contribution is -2.40. The molecule has 3 aromatic rings. The molecule has 2 aromatic carbocycles. The second-order valence-corrected chi connectivity index (χ2v) is 6.55. The SMILES string of the molecule is CC(C)(C(=O)NCCCc1nc2ccccc2[nH]1)c1ccccc1. The molecule has 0 aliphatic carbocycles. The van der Waals surface area contributed by atoms with Gasteiger partial charge in [0.1, 0.15) is 5.82 Å². The molecule has 1 aromatic heterocycles. The lowest BCUT2D eigenvalue weighted by atomic mass is 9.84. The molecule has 24 heavy (non-hydrogen) atoms. The maximum absolute atomic E-state index is 12.5. The molecular weight excluding hydrogens is 298 g/mol. The molecule has 0 aliphatic rings. The van der Waals surface area contributed by atoms with Gasteiger partial charge in [-0.05, 0) is 38.0 Å². The fourth-order valence-corrected chi connectivity index (χ4v) is 2.79. The van der Waals surface area contributed by atoms with E-state index in [1.54, 1.807) is 0 Å². The zero-order valence-electron chi connectivity index (χ0n) is 14.2. The molecule has 0 unspecified atom stereocenters. The average Bonchev–Trinajstić information content (AvgIpc) is 3.02. The molecule has 2 N–H and O–H groups in total. The molecule has 0 aliphatic heterocycles. The fraction of sp³-hybridized carbons (Fsp3) is 0.300. The summed E-state index contributed by atoms with van der Waals surface area (Å²) in [5.74, 6) is 1.02. The van der Waals surface area contributed by atoms with Gasteiger partial charge in [0.15, 0.2) is 0 Å². The van der Waals surface area contributed by atoms with Gasteiger partial charge in [-0.2, -0.15) is 0 Å². The van der Waals surface area contributed by atoms with Gasteiger partial charge in [-0.15, -0.1) is 0 Å². The topological polar surface area (TPSA) is 57.8 Å². The van der Waals surface area contributed by atoms with Crippen molar-refractivity contribution >= 4 is 16.9 Å². The van der Waals surface area contributed by atoms with Crippen molar-refractivity contribution in [3.05, 3.63) is 66.0 Å². The molecule has 3 rings (SSSR count). The maximum Gasteiger partial charge on any atom is 0.230 e. The van der Waals surface area contributed by atoms with Crippen LogP contribution in [-0.2, 0) is 16.6 Å². The van der Waals surface area contributed by atoms with Crippen LogP contribution < -0.4 is 5.32 Å². The highest BCUT2D eigenvalue weighted by Crippen LogP contribution is 2.22. The minimum Gasteiger partial charge on any atom is -0.355 e. The summed E-state index contributed by atoms with van der Waals surface area (Å²) in [5, 5.41) is 3.04. The molecule has 0 fully saturated rings. The van der Waals surface area contributed by atoms with Crippen molar-refractivity contribution in [1.29, 1.82) is 0 Å². The number of amides is 1. The summed E-state index contributed by atoms with van der Waals surface area (Å²) in [6.45, 7) is 4.56. The highest BCUT2D eigenvalue weighted by atomic mass is 16.2. The lowest BCUT2D eigenvalue weighted by Gasteiger charge is -2.24. The molecule has 0 saturated heterocycles. The Bertz CT molecular complexity index is 788. The number of aromatic amines is 1. The van der Waals surface area contributed by atoms with E-state index in [-0.39, 0.29) is 5.91 Å². The zero-order chi connectivity index (χ0) is 17.0. The van der Waals surface area contributed by atoms with Gasteiger partial charge < -0.3 is 10.3 Å².